The Bertz CT molecular complexity index is 366. The highest BCUT2D eigenvalue weighted by atomic mass is 79.9. The molecule has 74 valence electrons. The van der Waals surface area contributed by atoms with Crippen molar-refractivity contribution in [3.8, 4) is 5.75 Å². The number of fused-ring (bicyclic) bond motifs is 4. The number of rotatable bonds is 0. The van der Waals surface area contributed by atoms with Gasteiger partial charge in [0, 0.05) is 4.47 Å². The molecule has 0 N–H and O–H groups in total. The van der Waals surface area contributed by atoms with E-state index in [0.717, 1.165) is 15.8 Å². The summed E-state index contributed by atoms with van der Waals surface area (Å²) in [5.41, 5.74) is 0.972. The first-order chi connectivity index (χ1) is 6.83. The topological polar surface area (TPSA) is 27.7 Å². The Balaban J connectivity index is 2.08. The molecule has 1 fully saturated rings. The molecule has 2 bridgehead atoms. The average Bonchev–Trinajstić information content (AvgIpc) is 2.56. The number of hydrogen-bond donors (Lipinski definition) is 0. The van der Waals surface area contributed by atoms with Gasteiger partial charge in [0.25, 0.3) is 0 Å². The van der Waals surface area contributed by atoms with Crippen molar-refractivity contribution in [2.45, 2.75) is 12.4 Å². The van der Waals surface area contributed by atoms with Gasteiger partial charge in [-0.25, -0.2) is 0 Å². The van der Waals surface area contributed by atoms with Crippen LogP contribution < -0.4 is 4.74 Å². The van der Waals surface area contributed by atoms with Crippen molar-refractivity contribution in [1.82, 2.24) is 0 Å². The van der Waals surface area contributed by atoms with Gasteiger partial charge in [0.05, 0.1) is 12.2 Å². The Labute approximate surface area is 90.1 Å². The van der Waals surface area contributed by atoms with E-state index < -0.39 is 0 Å². The molecule has 2 aliphatic heterocycles. The molecular weight excluding hydrogens is 248 g/mol. The van der Waals surface area contributed by atoms with Crippen LogP contribution in [0.1, 0.15) is 11.9 Å². The molecule has 0 radical (unpaired) electrons. The first kappa shape index (κ1) is 8.71. The first-order valence-corrected chi connectivity index (χ1v) is 5.31. The summed E-state index contributed by atoms with van der Waals surface area (Å²) in [6.45, 7) is 1.20. The Hall–Kier alpha value is -0.580. The van der Waals surface area contributed by atoms with Gasteiger partial charge in [-0.05, 0) is 18.2 Å². The first-order valence-electron chi connectivity index (χ1n) is 4.52. The summed E-state index contributed by atoms with van der Waals surface area (Å²) < 4.78 is 17.8. The van der Waals surface area contributed by atoms with E-state index in [9.17, 15) is 0 Å². The van der Waals surface area contributed by atoms with Crippen LogP contribution in [0.3, 0.4) is 0 Å². The maximum absolute atomic E-state index is 5.64. The molecule has 0 saturated carbocycles. The third kappa shape index (κ3) is 1.34. The Morgan fingerprint density at radius 1 is 1.29 bits per heavy atom. The molecule has 0 unspecified atom stereocenters. The molecule has 2 atom stereocenters. The third-order valence-corrected chi connectivity index (χ3v) is 2.89. The fourth-order valence-electron chi connectivity index (χ4n) is 1.72. The minimum absolute atomic E-state index is 0.0752. The van der Waals surface area contributed by atoms with Crippen LogP contribution in [0.25, 0.3) is 0 Å². The van der Waals surface area contributed by atoms with Crippen LogP contribution in [0.5, 0.6) is 5.75 Å². The second-order valence-corrected chi connectivity index (χ2v) is 4.33. The standard InChI is InChI=1S/C10H9BrO3/c11-6-1-2-9-8(3-6)10-13-5-7(14-10)4-12-9/h1-3,7,10H,4-5H2/t7-,10+/m1/s1. The van der Waals surface area contributed by atoms with Gasteiger partial charge in [0.15, 0.2) is 6.29 Å². The molecule has 3 nitrogen and oxygen atoms in total. The van der Waals surface area contributed by atoms with Crippen molar-refractivity contribution in [1.29, 1.82) is 0 Å². The summed E-state index contributed by atoms with van der Waals surface area (Å²) in [6.07, 6.45) is -0.179. The molecule has 14 heavy (non-hydrogen) atoms. The normalized spacial score (nSPS) is 29.2. The van der Waals surface area contributed by atoms with Crippen molar-refractivity contribution in [2.24, 2.45) is 0 Å². The average molecular weight is 257 g/mol. The van der Waals surface area contributed by atoms with Crippen LogP contribution in [0.2, 0.25) is 0 Å². The summed E-state index contributed by atoms with van der Waals surface area (Å²) >= 11 is 3.42. The molecule has 0 amide bonds. The van der Waals surface area contributed by atoms with E-state index in [1.165, 1.54) is 0 Å². The predicted molar refractivity (Wildman–Crippen MR) is 53.2 cm³/mol. The second-order valence-electron chi connectivity index (χ2n) is 3.42. The van der Waals surface area contributed by atoms with Crippen molar-refractivity contribution in [3.63, 3.8) is 0 Å². The molecule has 0 spiro atoms. The highest BCUT2D eigenvalue weighted by molar-refractivity contribution is 9.10. The molecular formula is C10H9BrO3. The maximum Gasteiger partial charge on any atom is 0.188 e. The van der Waals surface area contributed by atoms with E-state index in [2.05, 4.69) is 15.9 Å². The van der Waals surface area contributed by atoms with Gasteiger partial charge < -0.3 is 14.2 Å². The summed E-state index contributed by atoms with van der Waals surface area (Å²) in [4.78, 5) is 0. The monoisotopic (exact) mass is 256 g/mol. The Morgan fingerprint density at radius 3 is 3.14 bits per heavy atom. The van der Waals surface area contributed by atoms with Gasteiger partial charge in [0.2, 0.25) is 0 Å². The van der Waals surface area contributed by atoms with E-state index in [0.29, 0.717) is 13.2 Å². The van der Waals surface area contributed by atoms with Gasteiger partial charge in [-0.15, -0.1) is 0 Å². The lowest BCUT2D eigenvalue weighted by Crippen LogP contribution is -2.18. The SMILES string of the molecule is Brc1ccc2c(c1)[C@H]1OC[C@@H](CO2)O1. The zero-order chi connectivity index (χ0) is 9.54. The molecule has 0 aromatic heterocycles. The quantitative estimate of drug-likeness (QED) is 0.713. The lowest BCUT2D eigenvalue weighted by Gasteiger charge is -2.13. The zero-order valence-corrected chi connectivity index (χ0v) is 8.99. The zero-order valence-electron chi connectivity index (χ0n) is 7.40. The lowest BCUT2D eigenvalue weighted by molar-refractivity contribution is -0.0579. The number of hydrogen-bond acceptors (Lipinski definition) is 3. The van der Waals surface area contributed by atoms with Crippen molar-refractivity contribution in [2.75, 3.05) is 13.2 Å². The highest BCUT2D eigenvalue weighted by Gasteiger charge is 2.33. The molecule has 2 heterocycles. The molecule has 2 aliphatic rings. The van der Waals surface area contributed by atoms with Gasteiger partial charge in [0.1, 0.15) is 18.5 Å². The Kier molecular flexibility index (Phi) is 2.00. The van der Waals surface area contributed by atoms with Gasteiger partial charge in [-0.3, -0.25) is 0 Å². The molecule has 1 saturated heterocycles. The predicted octanol–water partition coefficient (Wildman–Crippen LogP) is 2.26. The molecule has 3 rings (SSSR count). The lowest BCUT2D eigenvalue weighted by atomic mass is 10.2. The largest absolute Gasteiger partial charge is 0.490 e. The summed E-state index contributed by atoms with van der Waals surface area (Å²) in [7, 11) is 0. The van der Waals surface area contributed by atoms with Crippen LogP contribution in [-0.2, 0) is 9.47 Å². The van der Waals surface area contributed by atoms with E-state index >= 15 is 0 Å². The van der Waals surface area contributed by atoms with E-state index in [1.54, 1.807) is 0 Å². The van der Waals surface area contributed by atoms with E-state index in [4.69, 9.17) is 14.2 Å². The van der Waals surface area contributed by atoms with Gasteiger partial charge >= 0.3 is 0 Å². The minimum Gasteiger partial charge on any atom is -0.490 e. The maximum atomic E-state index is 5.64. The Morgan fingerprint density at radius 2 is 2.21 bits per heavy atom. The summed E-state index contributed by atoms with van der Waals surface area (Å²) in [6, 6.07) is 5.87. The molecule has 4 heteroatoms. The van der Waals surface area contributed by atoms with Crippen LogP contribution in [0.15, 0.2) is 22.7 Å². The number of ether oxygens (including phenoxy) is 3. The third-order valence-electron chi connectivity index (χ3n) is 2.40. The van der Waals surface area contributed by atoms with Crippen LogP contribution >= 0.6 is 15.9 Å². The van der Waals surface area contributed by atoms with Crippen LogP contribution in [-0.4, -0.2) is 19.3 Å². The van der Waals surface area contributed by atoms with Gasteiger partial charge in [-0.2, -0.15) is 0 Å². The smallest absolute Gasteiger partial charge is 0.188 e. The second kappa shape index (κ2) is 3.22. The molecule has 1 aromatic carbocycles. The van der Waals surface area contributed by atoms with E-state index in [1.807, 2.05) is 18.2 Å². The minimum atomic E-state index is -0.255. The summed E-state index contributed by atoms with van der Waals surface area (Å²) in [5.74, 6) is 0.861. The van der Waals surface area contributed by atoms with Gasteiger partial charge in [-0.1, -0.05) is 15.9 Å². The van der Waals surface area contributed by atoms with Crippen molar-refractivity contribution < 1.29 is 14.2 Å². The molecule has 1 aromatic rings. The van der Waals surface area contributed by atoms with E-state index in [-0.39, 0.29) is 12.4 Å². The van der Waals surface area contributed by atoms with Crippen LogP contribution in [0.4, 0.5) is 0 Å². The number of benzene rings is 1. The fraction of sp³-hybridized carbons (Fsp3) is 0.400. The fourth-order valence-corrected chi connectivity index (χ4v) is 2.10. The van der Waals surface area contributed by atoms with Crippen LogP contribution in [0, 0.1) is 0 Å². The molecule has 0 aliphatic carbocycles. The van der Waals surface area contributed by atoms with Crippen molar-refractivity contribution in [3.05, 3.63) is 28.2 Å². The van der Waals surface area contributed by atoms with Crippen molar-refractivity contribution >= 4 is 15.9 Å². The number of halogens is 1. The highest BCUT2D eigenvalue weighted by Crippen LogP contribution is 2.37. The summed E-state index contributed by atoms with van der Waals surface area (Å²) in [5, 5.41) is 0.